The Morgan fingerprint density at radius 3 is 2.58 bits per heavy atom. The van der Waals surface area contributed by atoms with Crippen molar-refractivity contribution in [2.45, 2.75) is 27.3 Å². The van der Waals surface area contributed by atoms with Crippen LogP contribution in [0.25, 0.3) is 21.3 Å². The lowest BCUT2D eigenvalue weighted by Gasteiger charge is -2.18. The highest BCUT2D eigenvalue weighted by molar-refractivity contribution is 6.08. The molecule has 3 rings (SSSR count). The molecule has 0 atom stereocenters. The van der Waals surface area contributed by atoms with Gasteiger partial charge in [0.05, 0.1) is 36.5 Å². The Bertz CT molecular complexity index is 1170. The van der Waals surface area contributed by atoms with Crippen molar-refractivity contribution in [3.8, 4) is 11.5 Å². The SMILES string of the molecule is CCOc1cc2ncc(C(N)=O)c(Nc3cccc(CN=[N+]=[N-])c3C)c2cc1OCC. The summed E-state index contributed by atoms with van der Waals surface area (Å²) in [5.41, 5.74) is 18.2. The molecule has 3 aromatic rings. The third-order valence-corrected chi connectivity index (χ3v) is 4.81. The topological polar surface area (TPSA) is 135 Å². The van der Waals surface area contributed by atoms with Crippen molar-refractivity contribution in [2.75, 3.05) is 18.5 Å². The second kappa shape index (κ2) is 9.69. The molecule has 160 valence electrons. The van der Waals surface area contributed by atoms with Crippen LogP contribution >= 0.6 is 0 Å². The molecule has 0 saturated heterocycles. The van der Waals surface area contributed by atoms with Crippen LogP contribution < -0.4 is 20.5 Å². The van der Waals surface area contributed by atoms with Crippen LogP contribution in [0.2, 0.25) is 0 Å². The fourth-order valence-electron chi connectivity index (χ4n) is 3.29. The van der Waals surface area contributed by atoms with E-state index in [9.17, 15) is 4.79 Å². The molecular weight excluding hydrogens is 396 g/mol. The summed E-state index contributed by atoms with van der Waals surface area (Å²) in [7, 11) is 0. The monoisotopic (exact) mass is 420 g/mol. The summed E-state index contributed by atoms with van der Waals surface area (Å²) in [6, 6.07) is 9.19. The van der Waals surface area contributed by atoms with Gasteiger partial charge in [-0.2, -0.15) is 0 Å². The molecule has 0 aliphatic carbocycles. The normalized spacial score (nSPS) is 10.4. The van der Waals surface area contributed by atoms with Crippen molar-refractivity contribution >= 4 is 28.2 Å². The van der Waals surface area contributed by atoms with E-state index in [2.05, 4.69) is 20.3 Å². The minimum absolute atomic E-state index is 0.226. The van der Waals surface area contributed by atoms with Gasteiger partial charge in [0.2, 0.25) is 0 Å². The number of primary amides is 1. The van der Waals surface area contributed by atoms with E-state index in [1.165, 1.54) is 6.20 Å². The maximum absolute atomic E-state index is 12.2. The largest absolute Gasteiger partial charge is 0.490 e. The van der Waals surface area contributed by atoms with E-state index in [1.807, 2.05) is 39.0 Å². The lowest BCUT2D eigenvalue weighted by Crippen LogP contribution is -2.14. The number of hydrogen-bond donors (Lipinski definition) is 2. The number of anilines is 2. The van der Waals surface area contributed by atoms with Crippen molar-refractivity contribution in [1.82, 2.24) is 4.98 Å². The van der Waals surface area contributed by atoms with Gasteiger partial charge in [0.1, 0.15) is 0 Å². The number of pyridine rings is 1. The molecule has 0 fully saturated rings. The molecule has 0 saturated carbocycles. The van der Waals surface area contributed by atoms with Crippen LogP contribution in [-0.2, 0) is 6.54 Å². The summed E-state index contributed by atoms with van der Waals surface area (Å²) in [5.74, 6) is 0.526. The van der Waals surface area contributed by atoms with Crippen LogP contribution in [0.3, 0.4) is 0 Å². The standard InChI is InChI=1S/C22H24N6O3/c1-4-30-19-9-15-18(10-20(19)31-5-2)25-12-16(22(23)29)21(15)27-17-8-6-7-14(13(17)3)11-26-28-24/h6-10,12H,4-5,11H2,1-3H3,(H2,23,29)(H,25,27). The maximum Gasteiger partial charge on any atom is 0.252 e. The molecule has 1 heterocycles. The van der Waals surface area contributed by atoms with Gasteiger partial charge in [-0.05, 0) is 49.6 Å². The quantitative estimate of drug-likeness (QED) is 0.285. The van der Waals surface area contributed by atoms with E-state index >= 15 is 0 Å². The Balaban J connectivity index is 2.20. The predicted molar refractivity (Wildman–Crippen MR) is 120 cm³/mol. The average Bonchev–Trinajstić information content (AvgIpc) is 2.75. The molecule has 0 unspecified atom stereocenters. The summed E-state index contributed by atoms with van der Waals surface area (Å²) >= 11 is 0. The molecule has 9 heteroatoms. The number of ether oxygens (including phenoxy) is 2. The first-order chi connectivity index (χ1) is 15.0. The van der Waals surface area contributed by atoms with E-state index in [4.69, 9.17) is 20.7 Å². The van der Waals surface area contributed by atoms with Gasteiger partial charge in [0.15, 0.2) is 11.5 Å². The van der Waals surface area contributed by atoms with Crippen molar-refractivity contribution < 1.29 is 14.3 Å². The molecule has 31 heavy (non-hydrogen) atoms. The molecule has 0 radical (unpaired) electrons. The van der Waals surface area contributed by atoms with Gasteiger partial charge in [-0.3, -0.25) is 9.78 Å². The highest BCUT2D eigenvalue weighted by Gasteiger charge is 2.18. The molecule has 1 aromatic heterocycles. The van der Waals surface area contributed by atoms with Crippen LogP contribution in [0, 0.1) is 6.92 Å². The Labute approximate surface area is 179 Å². The second-order valence-corrected chi connectivity index (χ2v) is 6.70. The van der Waals surface area contributed by atoms with Gasteiger partial charge in [-0.1, -0.05) is 17.2 Å². The third kappa shape index (κ3) is 4.62. The summed E-state index contributed by atoms with van der Waals surface area (Å²) < 4.78 is 11.4. The Morgan fingerprint density at radius 2 is 1.94 bits per heavy atom. The number of carbonyl (C=O) groups excluding carboxylic acids is 1. The van der Waals surface area contributed by atoms with E-state index < -0.39 is 5.91 Å². The molecule has 2 aromatic carbocycles. The number of nitrogens with zero attached hydrogens (tertiary/aromatic N) is 4. The molecule has 0 bridgehead atoms. The first-order valence-electron chi connectivity index (χ1n) is 9.88. The first-order valence-corrected chi connectivity index (χ1v) is 9.88. The fraction of sp³-hybridized carbons (Fsp3) is 0.273. The highest BCUT2D eigenvalue weighted by Crippen LogP contribution is 2.38. The predicted octanol–water partition coefficient (Wildman–Crippen LogP) is 4.99. The van der Waals surface area contributed by atoms with Gasteiger partial charge in [-0.15, -0.1) is 0 Å². The zero-order valence-electron chi connectivity index (χ0n) is 17.7. The summed E-state index contributed by atoms with van der Waals surface area (Å²) in [4.78, 5) is 19.4. The summed E-state index contributed by atoms with van der Waals surface area (Å²) in [6.45, 7) is 6.85. The van der Waals surface area contributed by atoms with Crippen LogP contribution in [-0.4, -0.2) is 24.1 Å². The number of azide groups is 1. The average molecular weight is 420 g/mol. The Kier molecular flexibility index (Phi) is 6.79. The number of aromatic nitrogens is 1. The molecule has 1 amide bonds. The van der Waals surface area contributed by atoms with Crippen LogP contribution in [0.1, 0.15) is 35.3 Å². The van der Waals surface area contributed by atoms with E-state index in [0.29, 0.717) is 41.3 Å². The first kappa shape index (κ1) is 21.7. The van der Waals surface area contributed by atoms with E-state index in [-0.39, 0.29) is 12.1 Å². The number of hydrogen-bond acceptors (Lipinski definition) is 6. The molecular formula is C22H24N6O3. The number of rotatable bonds is 9. The molecule has 0 spiro atoms. The van der Waals surface area contributed by atoms with Gasteiger partial charge in [-0.25, -0.2) is 0 Å². The number of amides is 1. The zero-order chi connectivity index (χ0) is 22.4. The van der Waals surface area contributed by atoms with Gasteiger partial charge < -0.3 is 20.5 Å². The summed E-state index contributed by atoms with van der Waals surface area (Å²) in [5, 5.41) is 7.64. The number of benzene rings is 2. The number of nitrogens with one attached hydrogen (secondary N) is 1. The Morgan fingerprint density at radius 1 is 1.23 bits per heavy atom. The van der Waals surface area contributed by atoms with Gasteiger partial charge >= 0.3 is 0 Å². The lowest BCUT2D eigenvalue weighted by atomic mass is 10.0. The fourth-order valence-corrected chi connectivity index (χ4v) is 3.29. The summed E-state index contributed by atoms with van der Waals surface area (Å²) in [6.07, 6.45) is 1.45. The number of fused-ring (bicyclic) bond motifs is 1. The Hall–Kier alpha value is -3.97. The number of carbonyl (C=O) groups is 1. The minimum Gasteiger partial charge on any atom is -0.490 e. The minimum atomic E-state index is -0.605. The molecule has 0 aliphatic rings. The third-order valence-electron chi connectivity index (χ3n) is 4.81. The van der Waals surface area contributed by atoms with Gasteiger partial charge in [0.25, 0.3) is 5.91 Å². The highest BCUT2D eigenvalue weighted by atomic mass is 16.5. The van der Waals surface area contributed by atoms with E-state index in [0.717, 1.165) is 16.8 Å². The lowest BCUT2D eigenvalue weighted by molar-refractivity contribution is 0.100. The van der Waals surface area contributed by atoms with Crippen molar-refractivity contribution in [3.63, 3.8) is 0 Å². The number of nitrogens with two attached hydrogens (primary N) is 1. The van der Waals surface area contributed by atoms with Crippen molar-refractivity contribution in [2.24, 2.45) is 10.8 Å². The molecule has 3 N–H and O–H groups in total. The van der Waals surface area contributed by atoms with Crippen LogP contribution in [0.4, 0.5) is 11.4 Å². The van der Waals surface area contributed by atoms with E-state index in [1.54, 1.807) is 12.1 Å². The van der Waals surface area contributed by atoms with Crippen LogP contribution in [0.5, 0.6) is 11.5 Å². The van der Waals surface area contributed by atoms with Crippen molar-refractivity contribution in [1.29, 1.82) is 0 Å². The smallest absolute Gasteiger partial charge is 0.252 e. The maximum atomic E-state index is 12.2. The molecule has 0 aliphatic heterocycles. The second-order valence-electron chi connectivity index (χ2n) is 6.70. The molecule has 9 nitrogen and oxygen atoms in total. The zero-order valence-corrected chi connectivity index (χ0v) is 17.7. The van der Waals surface area contributed by atoms with Crippen LogP contribution in [0.15, 0.2) is 41.6 Å². The van der Waals surface area contributed by atoms with Gasteiger partial charge in [0, 0.05) is 28.2 Å². The van der Waals surface area contributed by atoms with Crippen molar-refractivity contribution in [3.05, 3.63) is 63.7 Å².